The predicted octanol–water partition coefficient (Wildman–Crippen LogP) is 2.46. The van der Waals surface area contributed by atoms with Crippen LogP contribution in [0, 0.1) is 11.8 Å². The number of hydrogen-bond acceptors (Lipinski definition) is 2. The van der Waals surface area contributed by atoms with Gasteiger partial charge in [0.05, 0.1) is 5.92 Å². The summed E-state index contributed by atoms with van der Waals surface area (Å²) >= 11 is 0. The molecular weight excluding hydrogens is 306 g/mol. The third kappa shape index (κ3) is 3.53. The van der Waals surface area contributed by atoms with Gasteiger partial charge in [0, 0.05) is 36.7 Å². The van der Waals surface area contributed by atoms with Gasteiger partial charge in [0.15, 0.2) is 0 Å². The van der Waals surface area contributed by atoms with E-state index in [0.717, 1.165) is 11.9 Å². The lowest BCUT2D eigenvalue weighted by atomic mass is 9.91. The lowest BCUT2D eigenvalue weighted by Crippen LogP contribution is -2.49. The van der Waals surface area contributed by atoms with Crippen LogP contribution < -0.4 is 5.32 Å². The molecule has 1 aromatic heterocycles. The summed E-state index contributed by atoms with van der Waals surface area (Å²) in [6.07, 6.45) is 3.29. The lowest BCUT2D eigenvalue weighted by Gasteiger charge is -2.34. The zero-order chi connectivity index (χ0) is 17.1. The summed E-state index contributed by atoms with van der Waals surface area (Å²) in [4.78, 5) is 28.3. The van der Waals surface area contributed by atoms with Gasteiger partial charge in [-0.1, -0.05) is 19.1 Å². The number of H-pyrrole nitrogens is 1. The molecular formula is C18H23N3O3. The highest BCUT2D eigenvalue weighted by Crippen LogP contribution is 2.22. The van der Waals surface area contributed by atoms with Crippen molar-refractivity contribution in [3.8, 4) is 0 Å². The molecule has 24 heavy (non-hydrogen) atoms. The van der Waals surface area contributed by atoms with Crippen LogP contribution in [0.15, 0.2) is 30.5 Å². The molecule has 3 rings (SSSR count). The van der Waals surface area contributed by atoms with E-state index in [4.69, 9.17) is 0 Å². The van der Waals surface area contributed by atoms with E-state index in [1.807, 2.05) is 31.3 Å². The van der Waals surface area contributed by atoms with Crippen molar-refractivity contribution in [1.82, 2.24) is 15.2 Å². The quantitative estimate of drug-likeness (QED) is 0.805. The molecule has 2 unspecified atom stereocenters. The number of fused-ring (bicyclic) bond motifs is 1. The number of nitrogens with one attached hydrogen (secondary N) is 2. The Bertz CT molecular complexity index is 740. The van der Waals surface area contributed by atoms with Gasteiger partial charge < -0.3 is 20.3 Å². The highest BCUT2D eigenvalue weighted by Gasteiger charge is 2.31. The molecule has 128 valence electrons. The second-order valence-electron chi connectivity index (χ2n) is 6.62. The molecule has 0 spiro atoms. The molecule has 1 saturated heterocycles. The Morgan fingerprint density at radius 3 is 2.96 bits per heavy atom. The van der Waals surface area contributed by atoms with Gasteiger partial charge >= 0.3 is 12.0 Å². The van der Waals surface area contributed by atoms with Crippen molar-refractivity contribution in [1.29, 1.82) is 0 Å². The standard InChI is InChI=1S/C18H23N3O3/c1-12-9-14(17(22)23)11-21(10-12)18(24)20-7-5-13-3-2-4-16-15(13)6-8-19-16/h2-4,6,8,12,14,19H,5,7,9-11H2,1H3,(H,20,24)(H,22,23). The van der Waals surface area contributed by atoms with Crippen molar-refractivity contribution in [3.63, 3.8) is 0 Å². The Hall–Kier alpha value is -2.50. The number of carboxylic acids is 1. The molecule has 2 amide bonds. The number of carboxylic acid groups (broad SMARTS) is 1. The third-order valence-corrected chi connectivity index (χ3v) is 4.65. The monoisotopic (exact) mass is 329 g/mol. The molecule has 1 aliphatic rings. The maximum Gasteiger partial charge on any atom is 0.317 e. The summed E-state index contributed by atoms with van der Waals surface area (Å²) in [6.45, 7) is 3.43. The van der Waals surface area contributed by atoms with Gasteiger partial charge in [-0.25, -0.2) is 4.79 Å². The van der Waals surface area contributed by atoms with Gasteiger partial charge in [-0.2, -0.15) is 0 Å². The Morgan fingerprint density at radius 1 is 1.33 bits per heavy atom. The topological polar surface area (TPSA) is 85.4 Å². The lowest BCUT2D eigenvalue weighted by molar-refractivity contribution is -0.143. The molecule has 6 heteroatoms. The van der Waals surface area contributed by atoms with Crippen LogP contribution in [-0.2, 0) is 11.2 Å². The molecule has 0 bridgehead atoms. The number of aliphatic carboxylic acids is 1. The number of carbonyl (C=O) groups excluding carboxylic acids is 1. The van der Waals surface area contributed by atoms with E-state index in [2.05, 4.69) is 16.4 Å². The van der Waals surface area contributed by atoms with Crippen LogP contribution in [0.3, 0.4) is 0 Å². The molecule has 6 nitrogen and oxygen atoms in total. The minimum Gasteiger partial charge on any atom is -0.481 e. The van der Waals surface area contributed by atoms with Gasteiger partial charge in [0.1, 0.15) is 0 Å². The van der Waals surface area contributed by atoms with E-state index >= 15 is 0 Å². The zero-order valence-electron chi connectivity index (χ0n) is 13.8. The molecule has 1 fully saturated rings. The summed E-state index contributed by atoms with van der Waals surface area (Å²) < 4.78 is 0. The number of hydrogen-bond donors (Lipinski definition) is 3. The van der Waals surface area contributed by atoms with Crippen molar-refractivity contribution >= 4 is 22.9 Å². The van der Waals surface area contributed by atoms with Crippen molar-refractivity contribution in [2.75, 3.05) is 19.6 Å². The normalized spacial score (nSPS) is 21.0. The van der Waals surface area contributed by atoms with E-state index in [0.29, 0.717) is 26.1 Å². The maximum atomic E-state index is 12.3. The van der Waals surface area contributed by atoms with E-state index in [1.165, 1.54) is 10.9 Å². The number of benzene rings is 1. The number of urea groups is 1. The highest BCUT2D eigenvalue weighted by atomic mass is 16.4. The first-order valence-corrected chi connectivity index (χ1v) is 8.35. The fourth-order valence-electron chi connectivity index (χ4n) is 3.48. The van der Waals surface area contributed by atoms with E-state index in [-0.39, 0.29) is 11.9 Å². The second kappa shape index (κ2) is 6.95. The number of amides is 2. The number of carbonyl (C=O) groups is 2. The predicted molar refractivity (Wildman–Crippen MR) is 91.9 cm³/mol. The minimum atomic E-state index is -0.821. The number of likely N-dealkylation sites (tertiary alicyclic amines) is 1. The number of aromatic amines is 1. The van der Waals surface area contributed by atoms with E-state index in [1.54, 1.807) is 4.90 Å². The van der Waals surface area contributed by atoms with Crippen LogP contribution in [0.2, 0.25) is 0 Å². The van der Waals surface area contributed by atoms with Crippen LogP contribution in [-0.4, -0.2) is 46.6 Å². The van der Waals surface area contributed by atoms with Crippen LogP contribution in [0.25, 0.3) is 10.9 Å². The SMILES string of the molecule is CC1CC(C(=O)O)CN(C(=O)NCCc2cccc3[nH]ccc23)C1. The van der Waals surface area contributed by atoms with Gasteiger partial charge in [-0.3, -0.25) is 4.79 Å². The van der Waals surface area contributed by atoms with Crippen LogP contribution in [0.1, 0.15) is 18.9 Å². The molecule has 1 aromatic carbocycles. The van der Waals surface area contributed by atoms with Gasteiger partial charge in [0.2, 0.25) is 0 Å². The fourth-order valence-corrected chi connectivity index (χ4v) is 3.48. The third-order valence-electron chi connectivity index (χ3n) is 4.65. The first-order chi connectivity index (χ1) is 11.5. The fraction of sp³-hybridized carbons (Fsp3) is 0.444. The van der Waals surface area contributed by atoms with Gasteiger partial charge in [-0.15, -0.1) is 0 Å². The summed E-state index contributed by atoms with van der Waals surface area (Å²) in [5, 5.41) is 13.3. The van der Waals surface area contributed by atoms with Gasteiger partial charge in [0.25, 0.3) is 0 Å². The summed E-state index contributed by atoms with van der Waals surface area (Å²) in [6, 6.07) is 7.95. The molecule has 2 aromatic rings. The second-order valence-corrected chi connectivity index (χ2v) is 6.62. The average molecular weight is 329 g/mol. The van der Waals surface area contributed by atoms with Crippen LogP contribution >= 0.6 is 0 Å². The minimum absolute atomic E-state index is 0.172. The summed E-state index contributed by atoms with van der Waals surface area (Å²) in [7, 11) is 0. The molecule has 0 saturated carbocycles. The smallest absolute Gasteiger partial charge is 0.317 e. The number of rotatable bonds is 4. The average Bonchev–Trinajstić information content (AvgIpc) is 3.03. The van der Waals surface area contributed by atoms with Crippen LogP contribution in [0.5, 0.6) is 0 Å². The van der Waals surface area contributed by atoms with E-state index < -0.39 is 11.9 Å². The van der Waals surface area contributed by atoms with Crippen molar-refractivity contribution < 1.29 is 14.7 Å². The summed E-state index contributed by atoms with van der Waals surface area (Å²) in [5.74, 6) is -1.08. The Balaban J connectivity index is 1.55. The summed E-state index contributed by atoms with van der Waals surface area (Å²) in [5.41, 5.74) is 2.28. The molecule has 2 heterocycles. The molecule has 2 atom stereocenters. The number of nitrogens with zero attached hydrogens (tertiary/aromatic N) is 1. The Kier molecular flexibility index (Phi) is 4.74. The number of piperidine rings is 1. The largest absolute Gasteiger partial charge is 0.481 e. The Labute approximate surface area is 140 Å². The molecule has 3 N–H and O–H groups in total. The molecule has 1 aliphatic heterocycles. The van der Waals surface area contributed by atoms with Crippen molar-refractivity contribution in [2.45, 2.75) is 19.8 Å². The van der Waals surface area contributed by atoms with Gasteiger partial charge in [-0.05, 0) is 36.5 Å². The highest BCUT2D eigenvalue weighted by molar-refractivity contribution is 5.83. The van der Waals surface area contributed by atoms with Crippen LogP contribution in [0.4, 0.5) is 4.79 Å². The Morgan fingerprint density at radius 2 is 2.17 bits per heavy atom. The van der Waals surface area contributed by atoms with E-state index in [9.17, 15) is 14.7 Å². The molecule has 0 aliphatic carbocycles. The first-order valence-electron chi connectivity index (χ1n) is 8.35. The number of aromatic nitrogens is 1. The zero-order valence-corrected chi connectivity index (χ0v) is 13.8. The molecule has 0 radical (unpaired) electrons. The first kappa shape index (κ1) is 16.4. The maximum absolute atomic E-state index is 12.3. The van der Waals surface area contributed by atoms with Crippen molar-refractivity contribution in [2.24, 2.45) is 11.8 Å². The van der Waals surface area contributed by atoms with Crippen molar-refractivity contribution in [3.05, 3.63) is 36.0 Å².